The summed E-state index contributed by atoms with van der Waals surface area (Å²) in [5.74, 6) is -0.307. The molecule has 5 rings (SSSR count). The molecule has 9 nitrogen and oxygen atoms in total. The molecule has 0 radical (unpaired) electrons. The second kappa shape index (κ2) is 8.30. The first-order valence-electron chi connectivity index (χ1n) is 10.3. The number of anilines is 1. The highest BCUT2D eigenvalue weighted by Gasteiger charge is 2.32. The molecule has 10 heteroatoms. The van der Waals surface area contributed by atoms with E-state index in [-0.39, 0.29) is 19.0 Å². The van der Waals surface area contributed by atoms with Crippen LogP contribution in [0, 0.1) is 5.82 Å². The van der Waals surface area contributed by atoms with Gasteiger partial charge in [0.05, 0.1) is 29.8 Å². The van der Waals surface area contributed by atoms with Crippen LogP contribution in [-0.4, -0.2) is 50.7 Å². The van der Waals surface area contributed by atoms with Gasteiger partial charge in [0.1, 0.15) is 18.2 Å². The van der Waals surface area contributed by atoms with Gasteiger partial charge in [0.25, 0.3) is 0 Å². The van der Waals surface area contributed by atoms with Gasteiger partial charge in [0.15, 0.2) is 0 Å². The first-order valence-corrected chi connectivity index (χ1v) is 10.3. The molecule has 166 valence electrons. The number of nitrogens with zero attached hydrogens (tertiary/aromatic N) is 5. The minimum atomic E-state index is -0.585. The van der Waals surface area contributed by atoms with Crippen LogP contribution in [0.5, 0.6) is 0 Å². The van der Waals surface area contributed by atoms with E-state index in [4.69, 9.17) is 4.74 Å². The molecule has 0 saturated carbocycles. The molecule has 1 aliphatic rings. The van der Waals surface area contributed by atoms with Crippen molar-refractivity contribution in [3.05, 3.63) is 67.0 Å². The third-order valence-electron chi connectivity index (χ3n) is 5.34. The molecule has 0 unspecified atom stereocenters. The number of rotatable bonds is 5. The Morgan fingerprint density at radius 2 is 1.97 bits per heavy atom. The molecule has 1 N–H and O–H groups in total. The summed E-state index contributed by atoms with van der Waals surface area (Å²) >= 11 is 0. The third-order valence-corrected chi connectivity index (χ3v) is 5.34. The summed E-state index contributed by atoms with van der Waals surface area (Å²) in [6, 6.07) is 12.1. The van der Waals surface area contributed by atoms with Crippen LogP contribution in [0.25, 0.3) is 28.1 Å². The van der Waals surface area contributed by atoms with Crippen LogP contribution in [0.3, 0.4) is 0 Å². The van der Waals surface area contributed by atoms with Crippen molar-refractivity contribution in [1.29, 1.82) is 0 Å². The van der Waals surface area contributed by atoms with Crippen molar-refractivity contribution in [2.45, 2.75) is 13.0 Å². The first-order chi connectivity index (χ1) is 16.0. The van der Waals surface area contributed by atoms with E-state index in [0.717, 1.165) is 11.0 Å². The second-order valence-electron chi connectivity index (χ2n) is 7.59. The van der Waals surface area contributed by atoms with Gasteiger partial charge in [-0.1, -0.05) is 12.1 Å². The van der Waals surface area contributed by atoms with Gasteiger partial charge in [-0.2, -0.15) is 0 Å². The molecule has 0 spiro atoms. The maximum atomic E-state index is 14.9. The lowest BCUT2D eigenvalue weighted by Crippen LogP contribution is -2.33. The van der Waals surface area contributed by atoms with Crippen LogP contribution < -0.4 is 10.2 Å². The molecule has 0 aliphatic carbocycles. The third kappa shape index (κ3) is 3.98. The molecular formula is C23H19FN6O3. The van der Waals surface area contributed by atoms with Crippen LogP contribution in [-0.2, 0) is 9.53 Å². The second-order valence-corrected chi connectivity index (χ2v) is 7.59. The molecule has 1 fully saturated rings. The Morgan fingerprint density at radius 1 is 1.18 bits per heavy atom. The summed E-state index contributed by atoms with van der Waals surface area (Å²) in [4.78, 5) is 37.7. The van der Waals surface area contributed by atoms with E-state index in [1.54, 1.807) is 35.4 Å². The number of para-hydroxylation sites is 2. The van der Waals surface area contributed by atoms with Crippen molar-refractivity contribution in [2.24, 2.45) is 0 Å². The highest BCUT2D eigenvalue weighted by atomic mass is 19.1. The highest BCUT2D eigenvalue weighted by Crippen LogP contribution is 2.29. The van der Waals surface area contributed by atoms with Crippen molar-refractivity contribution in [1.82, 2.24) is 24.8 Å². The predicted octanol–water partition coefficient (Wildman–Crippen LogP) is 3.08. The van der Waals surface area contributed by atoms with Gasteiger partial charge in [0, 0.05) is 30.4 Å². The molecule has 1 atom stereocenters. The number of cyclic esters (lactones) is 1. The monoisotopic (exact) mass is 446 g/mol. The van der Waals surface area contributed by atoms with E-state index in [9.17, 15) is 14.0 Å². The number of carbonyl (C=O) groups is 2. The zero-order valence-electron chi connectivity index (χ0n) is 17.6. The smallest absolute Gasteiger partial charge is 0.414 e. The van der Waals surface area contributed by atoms with Gasteiger partial charge in [-0.15, -0.1) is 0 Å². The van der Waals surface area contributed by atoms with E-state index in [0.29, 0.717) is 22.8 Å². The van der Waals surface area contributed by atoms with Crippen molar-refractivity contribution in [3.8, 4) is 17.1 Å². The number of hydrogen-bond acceptors (Lipinski definition) is 6. The largest absolute Gasteiger partial charge is 0.442 e. The zero-order chi connectivity index (χ0) is 22.9. The average molecular weight is 446 g/mol. The number of benzene rings is 2. The van der Waals surface area contributed by atoms with Crippen LogP contribution in [0.15, 0.2) is 61.2 Å². The molecule has 2 aromatic heterocycles. The fourth-order valence-corrected chi connectivity index (χ4v) is 3.71. The first kappa shape index (κ1) is 20.6. The lowest BCUT2D eigenvalue weighted by Gasteiger charge is -2.14. The van der Waals surface area contributed by atoms with Crippen molar-refractivity contribution in [2.75, 3.05) is 18.0 Å². The van der Waals surface area contributed by atoms with E-state index in [1.807, 2.05) is 24.3 Å². The molecule has 4 aromatic rings. The summed E-state index contributed by atoms with van der Waals surface area (Å²) in [5, 5.41) is 2.61. The fraction of sp³-hybridized carbons (Fsp3) is 0.174. The highest BCUT2D eigenvalue weighted by molar-refractivity contribution is 5.90. The number of fused-ring (bicyclic) bond motifs is 1. The number of ether oxygens (including phenoxy) is 1. The number of carbonyl (C=O) groups excluding carboxylic acids is 2. The number of halogens is 1. The fourth-order valence-electron chi connectivity index (χ4n) is 3.71. The SMILES string of the molecule is CC(=O)NC[C@H]1CN(c2ccc(-c3cnc(-n4cnc5ccccc54)nc3)c(F)c2)C(=O)O1. The van der Waals surface area contributed by atoms with Crippen LogP contribution in [0.4, 0.5) is 14.9 Å². The van der Waals surface area contributed by atoms with Gasteiger partial charge < -0.3 is 10.1 Å². The van der Waals surface area contributed by atoms with Crippen LogP contribution >= 0.6 is 0 Å². The number of hydrogen-bond donors (Lipinski definition) is 1. The molecule has 1 saturated heterocycles. The average Bonchev–Trinajstić information content (AvgIpc) is 3.41. The van der Waals surface area contributed by atoms with Gasteiger partial charge in [0.2, 0.25) is 11.9 Å². The standard InChI is InChI=1S/C23H19FN6O3/c1-14(31)25-11-17-12-29(23(32)33-17)16-6-7-18(19(24)8-16)15-9-26-22(27-10-15)30-13-28-20-4-2-3-5-21(20)30/h2-10,13,17H,11-12H2,1H3,(H,25,31)/t17-/m0/s1. The Balaban J connectivity index is 1.35. The Labute approximate surface area is 187 Å². The normalized spacial score (nSPS) is 15.6. The Bertz CT molecular complexity index is 1350. The lowest BCUT2D eigenvalue weighted by atomic mass is 10.1. The van der Waals surface area contributed by atoms with Crippen LogP contribution in [0.1, 0.15) is 6.92 Å². The molecular weight excluding hydrogens is 427 g/mol. The Morgan fingerprint density at radius 3 is 2.73 bits per heavy atom. The predicted molar refractivity (Wildman–Crippen MR) is 118 cm³/mol. The molecule has 2 amide bonds. The number of nitrogens with one attached hydrogen (secondary N) is 1. The number of aromatic nitrogens is 4. The van der Waals surface area contributed by atoms with Crippen molar-refractivity contribution >= 4 is 28.7 Å². The van der Waals surface area contributed by atoms with E-state index < -0.39 is 18.0 Å². The zero-order valence-corrected chi connectivity index (χ0v) is 17.6. The molecule has 33 heavy (non-hydrogen) atoms. The minimum Gasteiger partial charge on any atom is -0.442 e. The quantitative estimate of drug-likeness (QED) is 0.506. The van der Waals surface area contributed by atoms with Gasteiger partial charge in [-0.25, -0.2) is 24.1 Å². The number of amides is 2. The number of imidazole rings is 1. The molecule has 3 heterocycles. The Kier molecular flexibility index (Phi) is 5.17. The van der Waals surface area contributed by atoms with E-state index >= 15 is 0 Å². The topological polar surface area (TPSA) is 102 Å². The summed E-state index contributed by atoms with van der Waals surface area (Å²) in [6.45, 7) is 1.80. The molecule has 0 bridgehead atoms. The van der Waals surface area contributed by atoms with Crippen molar-refractivity contribution in [3.63, 3.8) is 0 Å². The maximum absolute atomic E-state index is 14.9. The lowest BCUT2D eigenvalue weighted by molar-refractivity contribution is -0.119. The van der Waals surface area contributed by atoms with Gasteiger partial charge >= 0.3 is 6.09 Å². The molecule has 1 aliphatic heterocycles. The summed E-state index contributed by atoms with van der Waals surface area (Å²) < 4.78 is 21.9. The van der Waals surface area contributed by atoms with Crippen LogP contribution in [0.2, 0.25) is 0 Å². The van der Waals surface area contributed by atoms with E-state index in [1.165, 1.54) is 17.9 Å². The van der Waals surface area contributed by atoms with Crippen molar-refractivity contribution < 1.29 is 18.7 Å². The van der Waals surface area contributed by atoms with Gasteiger partial charge in [-0.3, -0.25) is 14.3 Å². The maximum Gasteiger partial charge on any atom is 0.414 e. The van der Waals surface area contributed by atoms with E-state index in [2.05, 4.69) is 20.3 Å². The summed E-state index contributed by atoms with van der Waals surface area (Å²) in [5.41, 5.74) is 2.87. The summed E-state index contributed by atoms with van der Waals surface area (Å²) in [6.07, 6.45) is 3.65. The molecule has 2 aromatic carbocycles. The van der Waals surface area contributed by atoms with Gasteiger partial charge in [-0.05, 0) is 30.3 Å². The Hall–Kier alpha value is -4.34. The summed E-state index contributed by atoms with van der Waals surface area (Å²) in [7, 11) is 0. The minimum absolute atomic E-state index is 0.202.